The van der Waals surface area contributed by atoms with Gasteiger partial charge < -0.3 is 19.5 Å². The molecule has 1 fully saturated rings. The van der Waals surface area contributed by atoms with Crippen LogP contribution in [0, 0.1) is 5.92 Å². The number of nitrogens with zero attached hydrogens (tertiary/aromatic N) is 1. The lowest BCUT2D eigenvalue weighted by Gasteiger charge is -2.42. The van der Waals surface area contributed by atoms with Gasteiger partial charge in [-0.2, -0.15) is 0 Å². The van der Waals surface area contributed by atoms with Crippen molar-refractivity contribution in [3.8, 4) is 11.1 Å². The Hall–Kier alpha value is -3.63. The van der Waals surface area contributed by atoms with Crippen LogP contribution in [0.1, 0.15) is 41.6 Å². The summed E-state index contributed by atoms with van der Waals surface area (Å²) in [6.45, 7) is 7.67. The second-order valence-corrected chi connectivity index (χ2v) is 13.1. The number of nitrogens with one attached hydrogen (secondary N) is 1. The largest absolute Gasteiger partial charge is 0.392 e. The van der Waals surface area contributed by atoms with Crippen LogP contribution in [0.3, 0.4) is 0 Å². The van der Waals surface area contributed by atoms with Crippen LogP contribution in [0.15, 0.2) is 121 Å². The third-order valence-electron chi connectivity index (χ3n) is 7.99. The average Bonchev–Trinajstić information content (AvgIpc) is 3.05. The van der Waals surface area contributed by atoms with Gasteiger partial charge in [-0.1, -0.05) is 91.9 Å². The molecule has 1 saturated heterocycles. The van der Waals surface area contributed by atoms with E-state index >= 15 is 0 Å². The molecule has 4 aromatic rings. The number of hydrogen-bond donors (Lipinski definition) is 2. The van der Waals surface area contributed by atoms with Crippen molar-refractivity contribution in [1.29, 1.82) is 0 Å². The monoisotopic (exact) mass is 612 g/mol. The summed E-state index contributed by atoms with van der Waals surface area (Å²) >= 11 is 0. The molecule has 0 aromatic heterocycles. The molecule has 1 heterocycles. The van der Waals surface area contributed by atoms with Crippen molar-refractivity contribution in [2.45, 2.75) is 43.5 Å². The maximum absolute atomic E-state index is 12.7. The minimum Gasteiger partial charge on any atom is -0.392 e. The molecule has 8 heteroatoms. The molecule has 0 aliphatic carbocycles. The van der Waals surface area contributed by atoms with Crippen molar-refractivity contribution >= 4 is 10.0 Å². The molecule has 0 amide bonds. The predicted octanol–water partition coefficient (Wildman–Crippen LogP) is 6.23. The summed E-state index contributed by atoms with van der Waals surface area (Å²) in [5, 5.41) is 9.53. The van der Waals surface area contributed by atoms with Crippen LogP contribution in [0.5, 0.6) is 0 Å². The van der Waals surface area contributed by atoms with Gasteiger partial charge in [0.1, 0.15) is 0 Å². The van der Waals surface area contributed by atoms with Crippen LogP contribution in [-0.4, -0.2) is 44.7 Å². The highest BCUT2D eigenvalue weighted by atomic mass is 32.2. The molecule has 0 saturated carbocycles. The van der Waals surface area contributed by atoms with Crippen LogP contribution >= 0.6 is 0 Å². The van der Waals surface area contributed by atoms with Crippen LogP contribution in [0.4, 0.5) is 0 Å². The quantitative estimate of drug-likeness (QED) is 0.184. The maximum Gasteiger partial charge on any atom is 0.240 e. The second kappa shape index (κ2) is 14.4. The van der Waals surface area contributed by atoms with E-state index in [1.165, 1.54) is 0 Å². The zero-order valence-corrected chi connectivity index (χ0v) is 26.0. The molecule has 230 valence electrons. The van der Waals surface area contributed by atoms with Crippen LogP contribution < -0.4 is 4.72 Å². The molecule has 5 rings (SSSR count). The molecule has 4 atom stereocenters. The number of benzene rings is 4. The summed E-state index contributed by atoms with van der Waals surface area (Å²) in [6.07, 6.45) is 1.01. The van der Waals surface area contributed by atoms with E-state index in [9.17, 15) is 13.5 Å². The fourth-order valence-electron chi connectivity index (χ4n) is 5.52. The molecular weight excluding hydrogens is 572 g/mol. The molecule has 2 N–H and O–H groups in total. The van der Waals surface area contributed by atoms with Gasteiger partial charge in [0, 0.05) is 31.1 Å². The molecule has 4 aromatic carbocycles. The van der Waals surface area contributed by atoms with E-state index in [4.69, 9.17) is 9.47 Å². The summed E-state index contributed by atoms with van der Waals surface area (Å²) in [6, 6.07) is 32.2. The van der Waals surface area contributed by atoms with Crippen molar-refractivity contribution in [2.24, 2.45) is 5.92 Å². The Bertz CT molecular complexity index is 1640. The fourth-order valence-corrected chi connectivity index (χ4v) is 6.56. The van der Waals surface area contributed by atoms with E-state index in [-0.39, 0.29) is 36.2 Å². The zero-order valence-electron chi connectivity index (χ0n) is 25.2. The highest BCUT2D eigenvalue weighted by molar-refractivity contribution is 7.89. The van der Waals surface area contributed by atoms with Crippen LogP contribution in [0.2, 0.25) is 0 Å². The second-order valence-electron chi connectivity index (χ2n) is 11.3. The van der Waals surface area contributed by atoms with Crippen molar-refractivity contribution < 1.29 is 23.0 Å². The lowest BCUT2D eigenvalue weighted by Crippen LogP contribution is -2.43. The Kier molecular flexibility index (Phi) is 10.4. The first kappa shape index (κ1) is 31.8. The third kappa shape index (κ3) is 7.71. The van der Waals surface area contributed by atoms with E-state index in [2.05, 4.69) is 36.2 Å². The third-order valence-corrected chi connectivity index (χ3v) is 9.41. The maximum atomic E-state index is 12.7. The molecule has 0 bridgehead atoms. The molecule has 0 unspecified atom stereocenters. The molecular formula is C36H40N2O5S. The average molecular weight is 613 g/mol. The summed E-state index contributed by atoms with van der Waals surface area (Å²) in [7, 11) is -1.56. The number of rotatable bonds is 12. The lowest BCUT2D eigenvalue weighted by molar-refractivity contribution is -0.275. The van der Waals surface area contributed by atoms with Gasteiger partial charge in [0.15, 0.2) is 6.29 Å². The first-order chi connectivity index (χ1) is 21.3. The molecule has 1 aliphatic rings. The summed E-state index contributed by atoms with van der Waals surface area (Å²) in [4.78, 5) is 2.43. The molecule has 0 radical (unpaired) electrons. The highest BCUT2D eigenvalue weighted by Crippen LogP contribution is 2.42. The smallest absolute Gasteiger partial charge is 0.240 e. The van der Waals surface area contributed by atoms with Gasteiger partial charge in [-0.15, -0.1) is 6.58 Å². The van der Waals surface area contributed by atoms with Crippen molar-refractivity contribution in [3.63, 3.8) is 0 Å². The molecule has 7 nitrogen and oxygen atoms in total. The van der Waals surface area contributed by atoms with Crippen molar-refractivity contribution in [3.05, 3.63) is 138 Å². The number of hydrogen-bond acceptors (Lipinski definition) is 6. The first-order valence-corrected chi connectivity index (χ1v) is 16.3. The number of aliphatic hydroxyl groups excluding tert-OH is 1. The molecule has 44 heavy (non-hydrogen) atoms. The Morgan fingerprint density at radius 1 is 0.864 bits per heavy atom. The highest BCUT2D eigenvalue weighted by Gasteiger charge is 2.38. The Morgan fingerprint density at radius 3 is 2.27 bits per heavy atom. The van der Waals surface area contributed by atoms with Crippen molar-refractivity contribution in [1.82, 2.24) is 9.62 Å². The fraction of sp³-hybridized carbons (Fsp3) is 0.278. The van der Waals surface area contributed by atoms with Crippen LogP contribution in [0.25, 0.3) is 11.1 Å². The topological polar surface area (TPSA) is 88.1 Å². The minimum atomic E-state index is -3.62. The number of aliphatic hydroxyl groups is 1. The normalized spacial score (nSPS) is 20.5. The molecule has 1 aliphatic heterocycles. The Balaban J connectivity index is 1.38. The summed E-state index contributed by atoms with van der Waals surface area (Å²) in [5.74, 6) is 0.0815. The number of ether oxygens (including phenoxy) is 2. The van der Waals surface area contributed by atoms with E-state index in [1.54, 1.807) is 30.3 Å². The molecule has 0 spiro atoms. The predicted molar refractivity (Wildman–Crippen MR) is 173 cm³/mol. The van der Waals surface area contributed by atoms with Gasteiger partial charge >= 0.3 is 0 Å². The van der Waals surface area contributed by atoms with Gasteiger partial charge in [-0.25, -0.2) is 13.1 Å². The number of sulfonamides is 1. The summed E-state index contributed by atoms with van der Waals surface area (Å²) in [5.41, 5.74) is 5.59. The van der Waals surface area contributed by atoms with Gasteiger partial charge in [-0.3, -0.25) is 0 Å². The van der Waals surface area contributed by atoms with E-state index < -0.39 is 16.3 Å². The lowest BCUT2D eigenvalue weighted by atomic mass is 9.90. The Morgan fingerprint density at radius 2 is 1.57 bits per heavy atom. The number of likely N-dealkylation sites (N-methyl/N-ethyl adjacent to an activating group) is 1. The van der Waals surface area contributed by atoms with Gasteiger partial charge in [-0.05, 0) is 59.1 Å². The van der Waals surface area contributed by atoms with Gasteiger partial charge in [0.25, 0.3) is 0 Å². The van der Waals surface area contributed by atoms with E-state index in [0.29, 0.717) is 0 Å². The Labute approximate surface area is 260 Å². The van der Waals surface area contributed by atoms with E-state index in [1.807, 2.05) is 72.8 Å². The van der Waals surface area contributed by atoms with Gasteiger partial charge in [0.2, 0.25) is 10.0 Å². The standard InChI is InChI=1S/C36H40N2O5S/c1-4-20-38(3)24-34-26(2)35(29-18-16-27(25-39)17-19-29)43-36(42-34)32-13-9-12-31(22-32)30-11-8-10-28(21-30)23-37-44(40,41)33-14-6-5-7-15-33/h4-19,21-22,26,34-37,39H,1,20,23-25H2,2-3H3/t26-,34+,35+,36+/m0/s1. The van der Waals surface area contributed by atoms with Crippen molar-refractivity contribution in [2.75, 3.05) is 20.1 Å². The minimum absolute atomic E-state index is 0.00500. The van der Waals surface area contributed by atoms with E-state index in [0.717, 1.165) is 46.5 Å². The van der Waals surface area contributed by atoms with Gasteiger partial charge in [0.05, 0.1) is 23.7 Å². The zero-order chi connectivity index (χ0) is 31.1. The van der Waals surface area contributed by atoms with Crippen LogP contribution in [-0.2, 0) is 32.6 Å². The summed E-state index contributed by atoms with van der Waals surface area (Å²) < 4.78 is 41.4. The SMILES string of the molecule is C=CCN(C)C[C@H]1O[C@@H](c2cccc(-c3cccc(CNS(=O)(=O)c4ccccc4)c3)c2)O[C@@H](c2ccc(CO)cc2)[C@H]1C. The first-order valence-electron chi connectivity index (χ1n) is 14.8.